The number of hydrogen-bond donors (Lipinski definition) is 0. The van der Waals surface area contributed by atoms with Gasteiger partial charge in [-0.3, -0.25) is 0 Å². The van der Waals surface area contributed by atoms with Crippen LogP contribution in [-0.2, 0) is 4.79 Å². The van der Waals surface area contributed by atoms with Crippen LogP contribution in [0.1, 0.15) is 13.8 Å². The molecule has 0 aliphatic rings. The van der Waals surface area contributed by atoms with Gasteiger partial charge in [0.2, 0.25) is 0 Å². The van der Waals surface area contributed by atoms with E-state index in [4.69, 9.17) is 4.79 Å². The second kappa shape index (κ2) is 15.7. The van der Waals surface area contributed by atoms with Crippen molar-refractivity contribution in [1.29, 1.82) is 0 Å². The molecule has 0 aromatic carbocycles. The summed E-state index contributed by atoms with van der Waals surface area (Å²) >= 11 is 0. The summed E-state index contributed by atoms with van der Waals surface area (Å²) in [6.45, 7) is 6.94. The average Bonchev–Trinajstić information content (AvgIpc) is 1.91. The third-order valence-corrected chi connectivity index (χ3v) is 0.551. The van der Waals surface area contributed by atoms with Crippen LogP contribution in [-0.4, -0.2) is 6.29 Å². The monoisotopic (exact) mass is 138 g/mol. The third-order valence-electron chi connectivity index (χ3n) is 0.551. The highest BCUT2D eigenvalue weighted by molar-refractivity contribution is 5.44. The van der Waals surface area contributed by atoms with Crippen LogP contribution in [0.5, 0.6) is 0 Å². The Morgan fingerprint density at radius 1 is 1.10 bits per heavy atom. The van der Waals surface area contributed by atoms with E-state index in [0.29, 0.717) is 0 Å². The Labute approximate surface area is 62.8 Å². The molecule has 0 aliphatic carbocycles. The lowest BCUT2D eigenvalue weighted by atomic mass is 10.4. The standard InChI is InChI=1S/C7H10.C2H4O/c1-3-5-7-6-4-2;1-2-3/h3-7H,1H2,2H3;2H,1H3/b6-4-,7-5-;. The van der Waals surface area contributed by atoms with E-state index in [9.17, 15) is 0 Å². The Morgan fingerprint density at radius 3 is 1.90 bits per heavy atom. The molecule has 0 radical (unpaired) electrons. The van der Waals surface area contributed by atoms with Crippen molar-refractivity contribution in [3.8, 4) is 0 Å². The first kappa shape index (κ1) is 11.7. The molecule has 0 unspecified atom stereocenters. The molecule has 0 amide bonds. The van der Waals surface area contributed by atoms with Crippen molar-refractivity contribution in [1.82, 2.24) is 0 Å². The molecule has 56 valence electrons. The van der Waals surface area contributed by atoms with Gasteiger partial charge in [0.25, 0.3) is 0 Å². The van der Waals surface area contributed by atoms with E-state index in [1.807, 2.05) is 31.2 Å². The number of carbonyl (C=O) groups is 1. The fourth-order valence-electron chi connectivity index (χ4n) is 0.254. The van der Waals surface area contributed by atoms with Crippen molar-refractivity contribution in [3.05, 3.63) is 37.0 Å². The van der Waals surface area contributed by atoms with Crippen LogP contribution >= 0.6 is 0 Å². The van der Waals surface area contributed by atoms with Crippen molar-refractivity contribution in [3.63, 3.8) is 0 Å². The molecule has 0 N–H and O–H groups in total. The van der Waals surface area contributed by atoms with Gasteiger partial charge in [0.1, 0.15) is 6.29 Å². The van der Waals surface area contributed by atoms with Crippen LogP contribution in [0.15, 0.2) is 37.0 Å². The second-order valence-electron chi connectivity index (χ2n) is 1.38. The summed E-state index contributed by atoms with van der Waals surface area (Å²) in [6, 6.07) is 0. The minimum Gasteiger partial charge on any atom is -0.304 e. The number of rotatable bonds is 2. The van der Waals surface area contributed by atoms with E-state index < -0.39 is 0 Å². The Bertz CT molecular complexity index is 121. The van der Waals surface area contributed by atoms with Gasteiger partial charge < -0.3 is 4.79 Å². The number of aldehydes is 1. The smallest absolute Gasteiger partial charge is 0.116 e. The lowest BCUT2D eigenvalue weighted by Crippen LogP contribution is -1.43. The molecule has 0 aromatic rings. The minimum atomic E-state index is 0.750. The van der Waals surface area contributed by atoms with Crippen molar-refractivity contribution < 1.29 is 4.79 Å². The van der Waals surface area contributed by atoms with Crippen molar-refractivity contribution >= 4 is 6.29 Å². The van der Waals surface area contributed by atoms with Crippen LogP contribution in [0.2, 0.25) is 0 Å². The van der Waals surface area contributed by atoms with Crippen molar-refractivity contribution in [2.24, 2.45) is 0 Å². The molecule has 1 heteroatoms. The number of allylic oxidation sites excluding steroid dienone is 5. The lowest BCUT2D eigenvalue weighted by Gasteiger charge is -1.65. The minimum absolute atomic E-state index is 0.750. The number of carbonyl (C=O) groups excluding carboxylic acids is 1. The van der Waals surface area contributed by atoms with Gasteiger partial charge in [0.05, 0.1) is 0 Å². The van der Waals surface area contributed by atoms with Crippen LogP contribution < -0.4 is 0 Å². The molecule has 0 aromatic heterocycles. The molecule has 0 spiro atoms. The van der Waals surface area contributed by atoms with Crippen LogP contribution in [0.3, 0.4) is 0 Å². The lowest BCUT2D eigenvalue weighted by molar-refractivity contribution is -0.106. The summed E-state index contributed by atoms with van der Waals surface area (Å²) in [4.78, 5) is 8.81. The first-order chi connectivity index (χ1) is 4.83. The zero-order chi connectivity index (χ0) is 8.24. The predicted molar refractivity (Wildman–Crippen MR) is 45.9 cm³/mol. The Kier molecular flexibility index (Phi) is 18.3. The van der Waals surface area contributed by atoms with Crippen LogP contribution in [0.4, 0.5) is 0 Å². The largest absolute Gasteiger partial charge is 0.304 e. The van der Waals surface area contributed by atoms with E-state index in [2.05, 4.69) is 6.58 Å². The summed E-state index contributed by atoms with van der Waals surface area (Å²) in [5, 5.41) is 0. The SMILES string of the molecule is C=C/C=C\C=C/C.CC=O. The van der Waals surface area contributed by atoms with Gasteiger partial charge in [-0.15, -0.1) is 0 Å². The molecular weight excluding hydrogens is 124 g/mol. The Balaban J connectivity index is 0. The van der Waals surface area contributed by atoms with Crippen LogP contribution in [0, 0.1) is 0 Å². The van der Waals surface area contributed by atoms with E-state index in [1.165, 1.54) is 6.92 Å². The maximum Gasteiger partial charge on any atom is 0.116 e. The predicted octanol–water partition coefficient (Wildman–Crippen LogP) is 2.51. The van der Waals surface area contributed by atoms with E-state index >= 15 is 0 Å². The summed E-state index contributed by atoms with van der Waals surface area (Å²) in [7, 11) is 0. The second-order valence-corrected chi connectivity index (χ2v) is 1.38. The van der Waals surface area contributed by atoms with Crippen LogP contribution in [0.25, 0.3) is 0 Å². The van der Waals surface area contributed by atoms with E-state index in [-0.39, 0.29) is 0 Å². The zero-order valence-electron chi connectivity index (χ0n) is 6.58. The molecule has 0 rings (SSSR count). The molecule has 0 aliphatic heterocycles. The van der Waals surface area contributed by atoms with Gasteiger partial charge in [-0.25, -0.2) is 0 Å². The van der Waals surface area contributed by atoms with Gasteiger partial charge in [-0.05, 0) is 13.8 Å². The molecule has 0 bridgehead atoms. The first-order valence-electron chi connectivity index (χ1n) is 3.13. The Morgan fingerprint density at radius 2 is 1.60 bits per heavy atom. The maximum atomic E-state index is 8.81. The summed E-state index contributed by atoms with van der Waals surface area (Å²) in [6.07, 6.45) is 10.3. The molecular formula is C9H14O. The summed E-state index contributed by atoms with van der Waals surface area (Å²) in [5.41, 5.74) is 0. The molecule has 0 atom stereocenters. The van der Waals surface area contributed by atoms with Crippen molar-refractivity contribution in [2.45, 2.75) is 13.8 Å². The maximum absolute atomic E-state index is 8.81. The average molecular weight is 138 g/mol. The van der Waals surface area contributed by atoms with E-state index in [0.717, 1.165) is 6.29 Å². The fourth-order valence-corrected chi connectivity index (χ4v) is 0.254. The van der Waals surface area contributed by atoms with Gasteiger partial charge in [0.15, 0.2) is 0 Å². The van der Waals surface area contributed by atoms with Gasteiger partial charge in [-0.1, -0.05) is 37.0 Å². The molecule has 0 saturated heterocycles. The first-order valence-corrected chi connectivity index (χ1v) is 3.13. The highest BCUT2D eigenvalue weighted by Crippen LogP contribution is 1.74. The highest BCUT2D eigenvalue weighted by atomic mass is 16.1. The highest BCUT2D eigenvalue weighted by Gasteiger charge is 1.52. The van der Waals surface area contributed by atoms with Gasteiger partial charge >= 0.3 is 0 Å². The number of hydrogen-bond acceptors (Lipinski definition) is 1. The van der Waals surface area contributed by atoms with Gasteiger partial charge in [0, 0.05) is 0 Å². The third kappa shape index (κ3) is 28.6. The van der Waals surface area contributed by atoms with Crippen molar-refractivity contribution in [2.75, 3.05) is 0 Å². The fraction of sp³-hybridized carbons (Fsp3) is 0.222. The van der Waals surface area contributed by atoms with Gasteiger partial charge in [-0.2, -0.15) is 0 Å². The molecule has 0 saturated carbocycles. The topological polar surface area (TPSA) is 17.1 Å². The summed E-state index contributed by atoms with van der Waals surface area (Å²) in [5.74, 6) is 0. The molecule has 0 fully saturated rings. The Hall–Kier alpha value is -1.11. The zero-order valence-corrected chi connectivity index (χ0v) is 6.58. The van der Waals surface area contributed by atoms with E-state index in [1.54, 1.807) is 6.08 Å². The normalized spacial score (nSPS) is 9.00. The molecule has 10 heavy (non-hydrogen) atoms. The molecule has 0 heterocycles. The molecule has 1 nitrogen and oxygen atoms in total. The quantitative estimate of drug-likeness (QED) is 0.423. The summed E-state index contributed by atoms with van der Waals surface area (Å²) < 4.78 is 0.